The maximum absolute atomic E-state index is 12.6. The number of rotatable bonds is 6. The minimum Gasteiger partial charge on any atom is -0.381 e. The molecule has 2 heterocycles. The topological polar surface area (TPSA) is 84.7 Å². The molecule has 1 aromatic heterocycles. The zero-order chi connectivity index (χ0) is 16.0. The monoisotopic (exact) mass is 325 g/mol. The van der Waals surface area contributed by atoms with Gasteiger partial charge in [-0.1, -0.05) is 6.07 Å². The van der Waals surface area contributed by atoms with Crippen LogP contribution in [0.4, 0.5) is 0 Å². The van der Waals surface area contributed by atoms with Crippen LogP contribution in [0.15, 0.2) is 17.5 Å². The highest BCUT2D eigenvalue weighted by Crippen LogP contribution is 2.31. The molecule has 7 heteroatoms. The Bertz CT molecular complexity index is 498. The molecule has 0 unspecified atom stereocenters. The molecule has 0 radical (unpaired) electrons. The standard InChI is InChI=1S/C15H23N3O3S/c1-18(10-13(19)17-9-12-3-2-8-22-12)14(20)15(11-16)4-6-21-7-5-15/h2-3,8H,4-7,9-11,16H2,1H3,(H,17,19). The second-order valence-corrected chi connectivity index (χ2v) is 6.65. The first-order chi connectivity index (χ1) is 10.6. The van der Waals surface area contributed by atoms with Crippen LogP contribution in [0.3, 0.4) is 0 Å². The summed E-state index contributed by atoms with van der Waals surface area (Å²) >= 11 is 1.59. The Morgan fingerprint density at radius 1 is 1.45 bits per heavy atom. The first kappa shape index (κ1) is 16.9. The number of likely N-dealkylation sites (N-methyl/N-ethyl adjacent to an activating group) is 1. The van der Waals surface area contributed by atoms with Crippen molar-refractivity contribution < 1.29 is 14.3 Å². The number of thiophene rings is 1. The van der Waals surface area contributed by atoms with E-state index in [0.717, 1.165) is 4.88 Å². The van der Waals surface area contributed by atoms with Gasteiger partial charge in [0.05, 0.1) is 18.5 Å². The third-order valence-electron chi connectivity index (χ3n) is 4.06. The minimum atomic E-state index is -0.582. The quantitative estimate of drug-likeness (QED) is 0.801. The van der Waals surface area contributed by atoms with Gasteiger partial charge in [0.2, 0.25) is 11.8 Å². The molecule has 2 rings (SSSR count). The van der Waals surface area contributed by atoms with Gasteiger partial charge in [-0.25, -0.2) is 0 Å². The molecule has 3 N–H and O–H groups in total. The van der Waals surface area contributed by atoms with Crippen molar-refractivity contribution in [3.8, 4) is 0 Å². The van der Waals surface area contributed by atoms with E-state index in [0.29, 0.717) is 32.6 Å². The lowest BCUT2D eigenvalue weighted by atomic mass is 9.79. The number of carbonyl (C=O) groups is 2. The van der Waals surface area contributed by atoms with Gasteiger partial charge in [-0.3, -0.25) is 9.59 Å². The normalized spacial score (nSPS) is 17.0. The van der Waals surface area contributed by atoms with Crippen molar-refractivity contribution in [2.45, 2.75) is 19.4 Å². The van der Waals surface area contributed by atoms with E-state index >= 15 is 0 Å². The van der Waals surface area contributed by atoms with E-state index in [4.69, 9.17) is 10.5 Å². The van der Waals surface area contributed by atoms with Crippen molar-refractivity contribution >= 4 is 23.2 Å². The third kappa shape index (κ3) is 4.06. The number of nitrogens with one attached hydrogen (secondary N) is 1. The highest BCUT2D eigenvalue weighted by Gasteiger charge is 2.40. The summed E-state index contributed by atoms with van der Waals surface area (Å²) in [5.41, 5.74) is 5.25. The maximum atomic E-state index is 12.6. The first-order valence-electron chi connectivity index (χ1n) is 7.40. The summed E-state index contributed by atoms with van der Waals surface area (Å²) < 4.78 is 5.31. The van der Waals surface area contributed by atoms with Gasteiger partial charge >= 0.3 is 0 Å². The molecule has 1 aromatic rings. The number of ether oxygens (including phenoxy) is 1. The van der Waals surface area contributed by atoms with Gasteiger partial charge in [0, 0.05) is 31.7 Å². The van der Waals surface area contributed by atoms with Gasteiger partial charge in [-0.05, 0) is 24.3 Å². The molecule has 1 aliphatic heterocycles. The second kappa shape index (κ2) is 7.71. The minimum absolute atomic E-state index is 0.0484. The van der Waals surface area contributed by atoms with Gasteiger partial charge < -0.3 is 20.7 Å². The maximum Gasteiger partial charge on any atom is 0.239 e. The molecule has 1 fully saturated rings. The van der Waals surface area contributed by atoms with Crippen LogP contribution in [-0.2, 0) is 20.9 Å². The van der Waals surface area contributed by atoms with Crippen molar-refractivity contribution in [1.29, 1.82) is 0 Å². The molecule has 1 aliphatic rings. The highest BCUT2D eigenvalue weighted by molar-refractivity contribution is 7.09. The molecule has 0 saturated carbocycles. The Kier molecular flexibility index (Phi) is 5.93. The Hall–Kier alpha value is -1.44. The van der Waals surface area contributed by atoms with Crippen LogP contribution in [0, 0.1) is 5.41 Å². The van der Waals surface area contributed by atoms with Crippen LogP contribution >= 0.6 is 11.3 Å². The lowest BCUT2D eigenvalue weighted by molar-refractivity contribution is -0.148. The van der Waals surface area contributed by atoms with Crippen LogP contribution in [-0.4, -0.2) is 50.1 Å². The fourth-order valence-corrected chi connectivity index (χ4v) is 3.26. The van der Waals surface area contributed by atoms with Crippen LogP contribution < -0.4 is 11.1 Å². The van der Waals surface area contributed by atoms with E-state index in [-0.39, 0.29) is 24.9 Å². The van der Waals surface area contributed by atoms with Crippen LogP contribution in [0.2, 0.25) is 0 Å². The molecule has 22 heavy (non-hydrogen) atoms. The van der Waals surface area contributed by atoms with Gasteiger partial charge in [0.15, 0.2) is 0 Å². The van der Waals surface area contributed by atoms with E-state index in [1.807, 2.05) is 17.5 Å². The first-order valence-corrected chi connectivity index (χ1v) is 8.28. The number of nitrogens with zero attached hydrogens (tertiary/aromatic N) is 1. The molecule has 0 aliphatic carbocycles. The smallest absolute Gasteiger partial charge is 0.239 e. The van der Waals surface area contributed by atoms with E-state index in [2.05, 4.69) is 5.32 Å². The third-order valence-corrected chi connectivity index (χ3v) is 4.94. The predicted octanol–water partition coefficient (Wildman–Crippen LogP) is 0.578. The van der Waals surface area contributed by atoms with E-state index in [9.17, 15) is 9.59 Å². The van der Waals surface area contributed by atoms with Gasteiger partial charge in [0.1, 0.15) is 0 Å². The second-order valence-electron chi connectivity index (χ2n) is 5.61. The lowest BCUT2D eigenvalue weighted by Crippen LogP contribution is -2.51. The summed E-state index contributed by atoms with van der Waals surface area (Å²) in [4.78, 5) is 27.2. The van der Waals surface area contributed by atoms with Crippen molar-refractivity contribution in [3.63, 3.8) is 0 Å². The summed E-state index contributed by atoms with van der Waals surface area (Å²) in [7, 11) is 1.65. The predicted molar refractivity (Wildman–Crippen MR) is 85.3 cm³/mol. The number of hydrogen-bond acceptors (Lipinski definition) is 5. The fraction of sp³-hybridized carbons (Fsp3) is 0.600. The zero-order valence-electron chi connectivity index (χ0n) is 12.8. The Labute approximate surface area is 134 Å². The van der Waals surface area contributed by atoms with Crippen molar-refractivity contribution in [1.82, 2.24) is 10.2 Å². The molecular weight excluding hydrogens is 302 g/mol. The van der Waals surface area contributed by atoms with Crippen LogP contribution in [0.25, 0.3) is 0 Å². The van der Waals surface area contributed by atoms with E-state index in [1.54, 1.807) is 18.4 Å². The van der Waals surface area contributed by atoms with Crippen LogP contribution in [0.5, 0.6) is 0 Å². The Morgan fingerprint density at radius 3 is 2.77 bits per heavy atom. The number of amides is 2. The van der Waals surface area contributed by atoms with Crippen LogP contribution in [0.1, 0.15) is 17.7 Å². The van der Waals surface area contributed by atoms with E-state index in [1.165, 1.54) is 4.90 Å². The molecule has 1 saturated heterocycles. The summed E-state index contributed by atoms with van der Waals surface area (Å²) in [6.07, 6.45) is 1.23. The van der Waals surface area contributed by atoms with Gasteiger partial charge in [-0.15, -0.1) is 11.3 Å². The average Bonchev–Trinajstić information content (AvgIpc) is 3.06. The Morgan fingerprint density at radius 2 is 2.18 bits per heavy atom. The van der Waals surface area contributed by atoms with Crippen molar-refractivity contribution in [2.75, 3.05) is 33.4 Å². The molecule has 2 amide bonds. The number of hydrogen-bond donors (Lipinski definition) is 2. The van der Waals surface area contributed by atoms with Crippen molar-refractivity contribution in [3.05, 3.63) is 22.4 Å². The molecule has 0 spiro atoms. The summed E-state index contributed by atoms with van der Waals surface area (Å²) in [5.74, 6) is -0.229. The fourth-order valence-electron chi connectivity index (χ4n) is 2.61. The SMILES string of the molecule is CN(CC(=O)NCc1cccs1)C(=O)C1(CN)CCOCC1. The zero-order valence-corrected chi connectivity index (χ0v) is 13.7. The molecule has 122 valence electrons. The summed E-state index contributed by atoms with van der Waals surface area (Å²) in [5, 5.41) is 4.79. The highest BCUT2D eigenvalue weighted by atomic mass is 32.1. The average molecular weight is 325 g/mol. The number of nitrogens with two attached hydrogens (primary N) is 1. The summed E-state index contributed by atoms with van der Waals surface area (Å²) in [6, 6.07) is 3.91. The molecule has 0 aromatic carbocycles. The summed E-state index contributed by atoms with van der Waals surface area (Å²) in [6.45, 7) is 1.92. The molecular formula is C15H23N3O3S. The molecule has 0 bridgehead atoms. The van der Waals surface area contributed by atoms with E-state index < -0.39 is 5.41 Å². The lowest BCUT2D eigenvalue weighted by Gasteiger charge is -2.37. The number of carbonyl (C=O) groups excluding carboxylic acids is 2. The molecule has 6 nitrogen and oxygen atoms in total. The van der Waals surface area contributed by atoms with Crippen molar-refractivity contribution in [2.24, 2.45) is 11.1 Å². The van der Waals surface area contributed by atoms with Gasteiger partial charge in [-0.2, -0.15) is 0 Å². The molecule has 0 atom stereocenters. The largest absolute Gasteiger partial charge is 0.381 e. The van der Waals surface area contributed by atoms with Gasteiger partial charge in [0.25, 0.3) is 0 Å². The Balaban J connectivity index is 1.85.